The van der Waals surface area contributed by atoms with Crippen LogP contribution in [0, 0.1) is 0 Å². The summed E-state index contributed by atoms with van der Waals surface area (Å²) in [5.41, 5.74) is 6.71. The number of nitrogens with zero attached hydrogens (tertiary/aromatic N) is 2. The minimum absolute atomic E-state index is 0.600. The van der Waals surface area contributed by atoms with E-state index in [0.717, 1.165) is 35.9 Å². The van der Waals surface area contributed by atoms with Crippen LogP contribution in [0.5, 0.6) is 11.5 Å². The monoisotopic (exact) mass is 261 g/mol. The van der Waals surface area contributed by atoms with E-state index in [9.17, 15) is 0 Å². The zero-order valence-corrected chi connectivity index (χ0v) is 11.3. The molecule has 0 spiro atoms. The largest absolute Gasteiger partial charge is 0.493 e. The summed E-state index contributed by atoms with van der Waals surface area (Å²) >= 11 is 0. The van der Waals surface area contributed by atoms with Crippen molar-refractivity contribution in [3.8, 4) is 11.5 Å². The van der Waals surface area contributed by atoms with Crippen LogP contribution in [-0.4, -0.2) is 30.3 Å². The number of methoxy groups -OCH3 is 2. The van der Waals surface area contributed by atoms with Gasteiger partial charge in [-0.15, -0.1) is 0 Å². The summed E-state index contributed by atoms with van der Waals surface area (Å²) in [6, 6.07) is 5.91. The van der Waals surface area contributed by atoms with Gasteiger partial charge in [-0.25, -0.2) is 4.98 Å². The Morgan fingerprint density at radius 2 is 2.00 bits per heavy atom. The van der Waals surface area contributed by atoms with E-state index in [2.05, 4.69) is 9.55 Å². The summed E-state index contributed by atoms with van der Waals surface area (Å²) in [5, 5.41) is 0. The Hall–Kier alpha value is -2.01. The Balaban J connectivity index is 2.21. The van der Waals surface area contributed by atoms with Crippen LogP contribution in [0.2, 0.25) is 0 Å². The van der Waals surface area contributed by atoms with Crippen molar-refractivity contribution in [3.63, 3.8) is 0 Å². The molecule has 0 fully saturated rings. The number of hydrogen-bond donors (Lipinski definition) is 1. The van der Waals surface area contributed by atoms with E-state index in [4.69, 9.17) is 15.2 Å². The highest BCUT2D eigenvalue weighted by Gasteiger charge is 2.07. The molecule has 0 saturated heterocycles. The Labute approximate surface area is 113 Å². The molecule has 1 heterocycles. The second kappa shape index (κ2) is 6.24. The van der Waals surface area contributed by atoms with Crippen molar-refractivity contribution in [3.05, 3.63) is 42.0 Å². The summed E-state index contributed by atoms with van der Waals surface area (Å²) in [6.45, 7) is 1.35. The van der Waals surface area contributed by atoms with Gasteiger partial charge in [-0.05, 0) is 24.2 Å². The highest BCUT2D eigenvalue weighted by atomic mass is 16.5. The second-order valence-electron chi connectivity index (χ2n) is 4.20. The van der Waals surface area contributed by atoms with E-state index in [1.54, 1.807) is 20.4 Å². The molecule has 19 heavy (non-hydrogen) atoms. The Morgan fingerprint density at radius 3 is 2.68 bits per heavy atom. The van der Waals surface area contributed by atoms with Gasteiger partial charge in [0, 0.05) is 25.4 Å². The predicted molar refractivity (Wildman–Crippen MR) is 73.6 cm³/mol. The summed E-state index contributed by atoms with van der Waals surface area (Å²) < 4.78 is 12.6. The third-order valence-corrected chi connectivity index (χ3v) is 2.97. The van der Waals surface area contributed by atoms with Gasteiger partial charge in [0.25, 0.3) is 0 Å². The molecule has 0 bridgehead atoms. The van der Waals surface area contributed by atoms with Crippen molar-refractivity contribution >= 4 is 0 Å². The molecular formula is C14H19N3O2. The van der Waals surface area contributed by atoms with Crippen molar-refractivity contribution in [2.45, 2.75) is 13.0 Å². The van der Waals surface area contributed by atoms with Gasteiger partial charge >= 0.3 is 0 Å². The number of ether oxygens (including phenoxy) is 2. The SMILES string of the molecule is COc1ccc(Cn2ccnc2CCN)cc1OC. The molecule has 1 aromatic heterocycles. The number of rotatable bonds is 6. The molecule has 2 aromatic rings. The maximum atomic E-state index is 5.58. The first-order chi connectivity index (χ1) is 9.28. The van der Waals surface area contributed by atoms with E-state index in [1.807, 2.05) is 24.4 Å². The van der Waals surface area contributed by atoms with E-state index in [-0.39, 0.29) is 0 Å². The summed E-state index contributed by atoms with van der Waals surface area (Å²) in [5.74, 6) is 2.47. The van der Waals surface area contributed by atoms with Crippen LogP contribution >= 0.6 is 0 Å². The first-order valence-electron chi connectivity index (χ1n) is 6.19. The van der Waals surface area contributed by atoms with Crippen molar-refractivity contribution in [1.82, 2.24) is 9.55 Å². The van der Waals surface area contributed by atoms with E-state index < -0.39 is 0 Å². The Morgan fingerprint density at radius 1 is 1.21 bits per heavy atom. The number of nitrogens with two attached hydrogens (primary N) is 1. The van der Waals surface area contributed by atoms with Crippen LogP contribution in [0.15, 0.2) is 30.6 Å². The first kappa shape index (κ1) is 13.4. The lowest BCUT2D eigenvalue weighted by Crippen LogP contribution is -2.10. The molecule has 2 N–H and O–H groups in total. The number of imidazole rings is 1. The molecular weight excluding hydrogens is 242 g/mol. The van der Waals surface area contributed by atoms with Crippen molar-refractivity contribution in [2.24, 2.45) is 5.73 Å². The second-order valence-corrected chi connectivity index (χ2v) is 4.20. The van der Waals surface area contributed by atoms with Crippen molar-refractivity contribution in [1.29, 1.82) is 0 Å². The molecule has 0 aliphatic rings. The molecule has 0 radical (unpaired) electrons. The molecule has 0 saturated carbocycles. The zero-order valence-electron chi connectivity index (χ0n) is 11.3. The van der Waals surface area contributed by atoms with Crippen LogP contribution in [0.25, 0.3) is 0 Å². The molecule has 5 heteroatoms. The van der Waals surface area contributed by atoms with Gasteiger partial charge < -0.3 is 19.8 Å². The topological polar surface area (TPSA) is 62.3 Å². The van der Waals surface area contributed by atoms with Gasteiger partial charge in [0.15, 0.2) is 11.5 Å². The lowest BCUT2D eigenvalue weighted by atomic mass is 10.2. The van der Waals surface area contributed by atoms with Crippen LogP contribution in [0.4, 0.5) is 0 Å². The fraction of sp³-hybridized carbons (Fsp3) is 0.357. The Bertz CT molecular complexity index is 537. The van der Waals surface area contributed by atoms with Gasteiger partial charge in [-0.3, -0.25) is 0 Å². The maximum absolute atomic E-state index is 5.58. The van der Waals surface area contributed by atoms with E-state index in [0.29, 0.717) is 6.54 Å². The van der Waals surface area contributed by atoms with Gasteiger partial charge in [0.05, 0.1) is 14.2 Å². The van der Waals surface area contributed by atoms with E-state index in [1.165, 1.54) is 0 Å². The zero-order chi connectivity index (χ0) is 13.7. The molecule has 5 nitrogen and oxygen atoms in total. The van der Waals surface area contributed by atoms with Gasteiger partial charge in [-0.2, -0.15) is 0 Å². The van der Waals surface area contributed by atoms with Crippen molar-refractivity contribution < 1.29 is 9.47 Å². The summed E-state index contributed by atoms with van der Waals surface area (Å²) in [4.78, 5) is 4.31. The van der Waals surface area contributed by atoms with Crippen LogP contribution < -0.4 is 15.2 Å². The molecule has 0 unspecified atom stereocenters. The lowest BCUT2D eigenvalue weighted by molar-refractivity contribution is 0.354. The normalized spacial score (nSPS) is 10.5. The summed E-state index contributed by atoms with van der Waals surface area (Å²) in [7, 11) is 3.27. The van der Waals surface area contributed by atoms with Crippen molar-refractivity contribution in [2.75, 3.05) is 20.8 Å². The molecule has 0 atom stereocenters. The van der Waals surface area contributed by atoms with Crippen LogP contribution in [-0.2, 0) is 13.0 Å². The first-order valence-corrected chi connectivity index (χ1v) is 6.19. The maximum Gasteiger partial charge on any atom is 0.161 e. The molecule has 1 aromatic carbocycles. The lowest BCUT2D eigenvalue weighted by Gasteiger charge is -2.11. The predicted octanol–water partition coefficient (Wildman–Crippen LogP) is 1.45. The van der Waals surface area contributed by atoms with Gasteiger partial charge in [0.2, 0.25) is 0 Å². The highest BCUT2D eigenvalue weighted by Crippen LogP contribution is 2.27. The fourth-order valence-electron chi connectivity index (χ4n) is 2.02. The number of aromatic nitrogens is 2. The molecule has 0 aliphatic heterocycles. The average Bonchev–Trinajstić information content (AvgIpc) is 2.86. The minimum atomic E-state index is 0.600. The van der Waals surface area contributed by atoms with Gasteiger partial charge in [-0.1, -0.05) is 6.07 Å². The third-order valence-electron chi connectivity index (χ3n) is 2.97. The van der Waals surface area contributed by atoms with Gasteiger partial charge in [0.1, 0.15) is 5.82 Å². The summed E-state index contributed by atoms with van der Waals surface area (Å²) in [6.07, 6.45) is 4.54. The Kier molecular flexibility index (Phi) is 4.41. The van der Waals surface area contributed by atoms with Crippen LogP contribution in [0.1, 0.15) is 11.4 Å². The standard InChI is InChI=1S/C14H19N3O2/c1-18-12-4-3-11(9-13(12)19-2)10-17-8-7-16-14(17)5-6-15/h3-4,7-9H,5-6,10,15H2,1-2H3. The highest BCUT2D eigenvalue weighted by molar-refractivity contribution is 5.43. The quantitative estimate of drug-likeness (QED) is 0.855. The number of hydrogen-bond acceptors (Lipinski definition) is 4. The third kappa shape index (κ3) is 3.06. The minimum Gasteiger partial charge on any atom is -0.493 e. The number of benzene rings is 1. The van der Waals surface area contributed by atoms with Crippen LogP contribution in [0.3, 0.4) is 0 Å². The average molecular weight is 261 g/mol. The molecule has 102 valence electrons. The fourth-order valence-corrected chi connectivity index (χ4v) is 2.02. The molecule has 0 aliphatic carbocycles. The van der Waals surface area contributed by atoms with E-state index >= 15 is 0 Å². The smallest absolute Gasteiger partial charge is 0.161 e. The molecule has 2 rings (SSSR count). The molecule has 0 amide bonds.